The number of rotatable bonds is 4. The van der Waals surface area contributed by atoms with Crippen molar-refractivity contribution >= 4 is 54.5 Å². The fourth-order valence-corrected chi connectivity index (χ4v) is 7.67. The van der Waals surface area contributed by atoms with Gasteiger partial charge < -0.3 is 4.42 Å². The fraction of sp³-hybridized carbons (Fsp3) is 0. The van der Waals surface area contributed by atoms with Gasteiger partial charge in [-0.15, -0.1) is 0 Å². The van der Waals surface area contributed by atoms with Gasteiger partial charge in [0.2, 0.25) is 0 Å². The minimum absolute atomic E-state index is 0.820. The largest absolute Gasteiger partial charge is 0.454 e. The molecule has 0 bridgehead atoms. The van der Waals surface area contributed by atoms with Crippen LogP contribution < -0.4 is 0 Å². The van der Waals surface area contributed by atoms with Crippen LogP contribution in [0.1, 0.15) is 0 Å². The molecule has 0 amide bonds. The second-order valence-electron chi connectivity index (χ2n) is 12.6. The SMILES string of the molecule is c1ccc(-c2c3ccccc3c(-c3ccccc3)c3cc(-c4cccc(-c5c6ccccc6nc6c5oc5ccccc56)c4)ccc23)cc1. The monoisotopic (exact) mass is 623 g/mol. The predicted molar refractivity (Wildman–Crippen MR) is 206 cm³/mol. The van der Waals surface area contributed by atoms with Crippen LogP contribution in [0.15, 0.2) is 180 Å². The third kappa shape index (κ3) is 4.38. The molecular weight excluding hydrogens is 595 g/mol. The molecule has 228 valence electrons. The average Bonchev–Trinajstić information content (AvgIpc) is 3.54. The summed E-state index contributed by atoms with van der Waals surface area (Å²) in [5.74, 6) is 0. The molecule has 0 aliphatic carbocycles. The molecule has 10 rings (SSSR count). The van der Waals surface area contributed by atoms with E-state index in [1.165, 1.54) is 49.4 Å². The smallest absolute Gasteiger partial charge is 0.162 e. The number of benzene rings is 8. The van der Waals surface area contributed by atoms with Crippen molar-refractivity contribution < 1.29 is 4.42 Å². The highest BCUT2D eigenvalue weighted by atomic mass is 16.3. The van der Waals surface area contributed by atoms with Crippen molar-refractivity contribution in [1.82, 2.24) is 4.98 Å². The predicted octanol–water partition coefficient (Wildman–Crippen LogP) is 13.1. The lowest BCUT2D eigenvalue weighted by Gasteiger charge is -2.19. The Bertz CT molecular complexity index is 2870. The molecule has 0 spiro atoms. The van der Waals surface area contributed by atoms with Crippen LogP contribution >= 0.6 is 0 Å². The van der Waals surface area contributed by atoms with E-state index in [2.05, 4.69) is 158 Å². The van der Waals surface area contributed by atoms with Gasteiger partial charge in [-0.2, -0.15) is 0 Å². The summed E-state index contributed by atoms with van der Waals surface area (Å²) in [7, 11) is 0. The molecule has 0 N–H and O–H groups in total. The summed E-state index contributed by atoms with van der Waals surface area (Å²) >= 11 is 0. The molecule has 10 aromatic rings. The number of para-hydroxylation sites is 2. The normalized spacial score (nSPS) is 11.7. The number of fused-ring (bicyclic) bond motifs is 6. The van der Waals surface area contributed by atoms with Gasteiger partial charge in [-0.05, 0) is 90.8 Å². The number of nitrogens with zero attached hydrogens (tertiary/aromatic N) is 1. The summed E-state index contributed by atoms with van der Waals surface area (Å²) in [5, 5.41) is 7.10. The number of hydrogen-bond acceptors (Lipinski definition) is 2. The van der Waals surface area contributed by atoms with Gasteiger partial charge in [0.1, 0.15) is 11.1 Å². The lowest BCUT2D eigenvalue weighted by atomic mass is 9.84. The molecule has 0 unspecified atom stereocenters. The van der Waals surface area contributed by atoms with Gasteiger partial charge >= 0.3 is 0 Å². The number of aromatic nitrogens is 1. The van der Waals surface area contributed by atoms with Crippen LogP contribution in [0.5, 0.6) is 0 Å². The maximum Gasteiger partial charge on any atom is 0.162 e. The minimum atomic E-state index is 0.820. The first-order chi connectivity index (χ1) is 24.3. The lowest BCUT2D eigenvalue weighted by Crippen LogP contribution is -1.92. The van der Waals surface area contributed by atoms with Crippen molar-refractivity contribution in [1.29, 1.82) is 0 Å². The Morgan fingerprint density at radius 1 is 0.327 bits per heavy atom. The average molecular weight is 624 g/mol. The Balaban J connectivity index is 1.25. The Morgan fingerprint density at radius 2 is 0.857 bits per heavy atom. The van der Waals surface area contributed by atoms with E-state index in [-0.39, 0.29) is 0 Å². The highest BCUT2D eigenvalue weighted by Crippen LogP contribution is 2.45. The minimum Gasteiger partial charge on any atom is -0.454 e. The maximum atomic E-state index is 6.55. The second-order valence-corrected chi connectivity index (χ2v) is 12.6. The molecule has 0 fully saturated rings. The van der Waals surface area contributed by atoms with Crippen molar-refractivity contribution in [2.24, 2.45) is 0 Å². The molecule has 2 nitrogen and oxygen atoms in total. The summed E-state index contributed by atoms with van der Waals surface area (Å²) in [5.41, 5.74) is 13.0. The molecule has 49 heavy (non-hydrogen) atoms. The van der Waals surface area contributed by atoms with Crippen molar-refractivity contribution in [2.45, 2.75) is 0 Å². The molecule has 2 heteroatoms. The molecule has 8 aromatic carbocycles. The van der Waals surface area contributed by atoms with Gasteiger partial charge in [-0.25, -0.2) is 4.98 Å². The number of hydrogen-bond donors (Lipinski definition) is 0. The maximum absolute atomic E-state index is 6.55. The second kappa shape index (κ2) is 11.0. The zero-order chi connectivity index (χ0) is 32.3. The van der Waals surface area contributed by atoms with Gasteiger partial charge in [0.25, 0.3) is 0 Å². The van der Waals surface area contributed by atoms with Crippen LogP contribution in [0, 0.1) is 0 Å². The highest BCUT2D eigenvalue weighted by molar-refractivity contribution is 6.22. The molecule has 0 radical (unpaired) electrons. The molecule has 2 aromatic heterocycles. The quantitative estimate of drug-likeness (QED) is 0.182. The molecule has 0 aliphatic rings. The highest BCUT2D eigenvalue weighted by Gasteiger charge is 2.20. The van der Waals surface area contributed by atoms with Crippen LogP contribution in [0.4, 0.5) is 0 Å². The van der Waals surface area contributed by atoms with Gasteiger partial charge in [0, 0.05) is 16.3 Å². The van der Waals surface area contributed by atoms with E-state index in [9.17, 15) is 0 Å². The molecule has 0 aliphatic heterocycles. The standard InChI is InChI=1S/C47H29NO/c1-3-14-30(15-4-1)43-35-20-7-8-21-36(35)44(31-16-5-2-6-17-31)40-29-33(26-27-37(40)43)32-18-13-19-34(28-32)45-38-22-9-11-24-41(38)48-46-39-23-10-12-25-42(39)49-47(45)46/h1-29H. The lowest BCUT2D eigenvalue weighted by molar-refractivity contribution is 0.670. The summed E-state index contributed by atoms with van der Waals surface area (Å²) in [6.07, 6.45) is 0. The van der Waals surface area contributed by atoms with E-state index in [1.54, 1.807) is 0 Å². The van der Waals surface area contributed by atoms with Crippen molar-refractivity contribution in [3.05, 3.63) is 176 Å². The van der Waals surface area contributed by atoms with E-state index < -0.39 is 0 Å². The Kier molecular flexibility index (Phi) is 6.22. The first kappa shape index (κ1) is 27.6. The van der Waals surface area contributed by atoms with Gasteiger partial charge in [0.05, 0.1) is 5.52 Å². The molecule has 0 atom stereocenters. The van der Waals surface area contributed by atoms with Crippen LogP contribution in [0.3, 0.4) is 0 Å². The number of pyridine rings is 1. The Labute approximate surface area is 283 Å². The van der Waals surface area contributed by atoms with Gasteiger partial charge in [-0.1, -0.05) is 146 Å². The van der Waals surface area contributed by atoms with Crippen LogP contribution in [0.2, 0.25) is 0 Å². The first-order valence-electron chi connectivity index (χ1n) is 16.7. The fourth-order valence-electron chi connectivity index (χ4n) is 7.67. The van der Waals surface area contributed by atoms with E-state index >= 15 is 0 Å². The van der Waals surface area contributed by atoms with Crippen LogP contribution in [-0.4, -0.2) is 4.98 Å². The Hall–Kier alpha value is -6.51. The van der Waals surface area contributed by atoms with Crippen LogP contribution in [-0.2, 0) is 0 Å². The summed E-state index contributed by atoms with van der Waals surface area (Å²) < 4.78 is 6.55. The molecular formula is C47H29NO. The molecule has 0 saturated heterocycles. The van der Waals surface area contributed by atoms with E-state index in [1.807, 2.05) is 18.2 Å². The summed E-state index contributed by atoms with van der Waals surface area (Å²) in [4.78, 5) is 5.07. The molecule has 0 saturated carbocycles. The number of furan rings is 1. The van der Waals surface area contributed by atoms with Crippen molar-refractivity contribution in [3.63, 3.8) is 0 Å². The zero-order valence-corrected chi connectivity index (χ0v) is 26.6. The van der Waals surface area contributed by atoms with E-state index in [4.69, 9.17) is 9.40 Å². The topological polar surface area (TPSA) is 26.0 Å². The molecule has 2 heterocycles. The summed E-state index contributed by atoms with van der Waals surface area (Å²) in [6.45, 7) is 0. The third-order valence-corrected chi connectivity index (χ3v) is 9.84. The first-order valence-corrected chi connectivity index (χ1v) is 16.7. The van der Waals surface area contributed by atoms with Gasteiger partial charge in [-0.3, -0.25) is 0 Å². The van der Waals surface area contributed by atoms with Crippen LogP contribution in [0.25, 0.3) is 99.0 Å². The van der Waals surface area contributed by atoms with Gasteiger partial charge in [0.15, 0.2) is 5.58 Å². The third-order valence-electron chi connectivity index (χ3n) is 9.84. The zero-order valence-electron chi connectivity index (χ0n) is 26.6. The van der Waals surface area contributed by atoms with Crippen molar-refractivity contribution in [2.75, 3.05) is 0 Å². The summed E-state index contributed by atoms with van der Waals surface area (Å²) in [6, 6.07) is 62.8. The van der Waals surface area contributed by atoms with Crippen molar-refractivity contribution in [3.8, 4) is 44.5 Å². The van der Waals surface area contributed by atoms with E-state index in [0.29, 0.717) is 0 Å². The Morgan fingerprint density at radius 3 is 1.59 bits per heavy atom. The van der Waals surface area contributed by atoms with E-state index in [0.717, 1.165) is 49.7 Å².